The van der Waals surface area contributed by atoms with Crippen LogP contribution in [0, 0.1) is 6.92 Å². The van der Waals surface area contributed by atoms with E-state index in [0.717, 1.165) is 29.8 Å². The highest BCUT2D eigenvalue weighted by atomic mass is 79.9. The first kappa shape index (κ1) is 12.2. The molecule has 0 aromatic carbocycles. The molecule has 0 unspecified atom stereocenters. The Labute approximate surface area is 100 Å². The second kappa shape index (κ2) is 5.91. The third-order valence-electron chi connectivity index (χ3n) is 2.16. The third kappa shape index (κ3) is 3.34. The van der Waals surface area contributed by atoms with Crippen molar-refractivity contribution in [3.63, 3.8) is 0 Å². The maximum Gasteiger partial charge on any atom is 0.131 e. The van der Waals surface area contributed by atoms with Gasteiger partial charge in [-0.2, -0.15) is 0 Å². The molecule has 15 heavy (non-hydrogen) atoms. The zero-order valence-electron chi connectivity index (χ0n) is 9.33. The van der Waals surface area contributed by atoms with Gasteiger partial charge in [0.05, 0.1) is 0 Å². The topological polar surface area (TPSA) is 16.1 Å². The molecule has 82 valence electrons. The van der Waals surface area contributed by atoms with E-state index >= 15 is 0 Å². The number of pyridine rings is 1. The van der Waals surface area contributed by atoms with E-state index in [1.807, 2.05) is 12.3 Å². The number of halogens is 1. The predicted octanol–water partition coefficient (Wildman–Crippen LogP) is 3.55. The van der Waals surface area contributed by atoms with Gasteiger partial charge in [-0.3, -0.25) is 0 Å². The second-order valence-corrected chi connectivity index (χ2v) is 4.44. The zero-order valence-corrected chi connectivity index (χ0v) is 10.9. The maximum absolute atomic E-state index is 4.45. The van der Waals surface area contributed by atoms with Crippen molar-refractivity contribution in [3.8, 4) is 0 Å². The molecule has 0 N–H and O–H groups in total. The number of aromatic nitrogens is 1. The number of aryl methyl sites for hydroxylation is 1. The monoisotopic (exact) mass is 268 g/mol. The van der Waals surface area contributed by atoms with Crippen LogP contribution < -0.4 is 4.90 Å². The molecular formula is C12H17BrN2. The Hall–Kier alpha value is -0.830. The molecule has 1 heterocycles. The van der Waals surface area contributed by atoms with Gasteiger partial charge < -0.3 is 4.90 Å². The Balaban J connectivity index is 2.94. The summed E-state index contributed by atoms with van der Waals surface area (Å²) in [5.74, 6) is 1.06. The average Bonchev–Trinajstić information content (AvgIpc) is 2.17. The van der Waals surface area contributed by atoms with Crippen molar-refractivity contribution in [1.82, 2.24) is 4.98 Å². The molecule has 0 saturated heterocycles. The Morgan fingerprint density at radius 3 is 2.87 bits per heavy atom. The molecule has 1 aromatic rings. The quantitative estimate of drug-likeness (QED) is 0.760. The lowest BCUT2D eigenvalue weighted by molar-refractivity contribution is 0.798. The van der Waals surface area contributed by atoms with Crippen molar-refractivity contribution in [1.29, 1.82) is 0 Å². The molecule has 3 heteroatoms. The highest BCUT2D eigenvalue weighted by Gasteiger charge is 2.08. The summed E-state index contributed by atoms with van der Waals surface area (Å²) in [7, 11) is 0. The fraction of sp³-hybridized carbons (Fsp3) is 0.417. The first-order chi connectivity index (χ1) is 7.19. The molecule has 0 radical (unpaired) electrons. The summed E-state index contributed by atoms with van der Waals surface area (Å²) in [6, 6.07) is 2.09. The molecule has 0 fully saturated rings. The largest absolute Gasteiger partial charge is 0.353 e. The fourth-order valence-corrected chi connectivity index (χ4v) is 2.02. The predicted molar refractivity (Wildman–Crippen MR) is 69.4 cm³/mol. The highest BCUT2D eigenvalue weighted by Crippen LogP contribution is 2.20. The van der Waals surface area contributed by atoms with Crippen LogP contribution in [-0.2, 0) is 0 Å². The summed E-state index contributed by atoms with van der Waals surface area (Å²) < 4.78 is 1.03. The van der Waals surface area contributed by atoms with Crippen molar-refractivity contribution < 1.29 is 0 Å². The van der Waals surface area contributed by atoms with Crippen molar-refractivity contribution in [3.05, 3.63) is 35.0 Å². The summed E-state index contributed by atoms with van der Waals surface area (Å²) in [6.45, 7) is 9.90. The van der Waals surface area contributed by atoms with Crippen LogP contribution in [0.3, 0.4) is 0 Å². The molecule has 0 bridgehead atoms. The minimum absolute atomic E-state index is 0.851. The summed E-state index contributed by atoms with van der Waals surface area (Å²) in [5, 5.41) is 0. The summed E-state index contributed by atoms with van der Waals surface area (Å²) in [4.78, 5) is 6.69. The van der Waals surface area contributed by atoms with Gasteiger partial charge >= 0.3 is 0 Å². The van der Waals surface area contributed by atoms with Gasteiger partial charge in [0.2, 0.25) is 0 Å². The van der Waals surface area contributed by atoms with Gasteiger partial charge in [-0.15, -0.1) is 6.58 Å². The van der Waals surface area contributed by atoms with E-state index < -0.39 is 0 Å². The molecule has 1 aromatic heterocycles. The Bertz CT molecular complexity index is 336. The second-order valence-electron chi connectivity index (χ2n) is 3.53. The van der Waals surface area contributed by atoms with E-state index in [9.17, 15) is 0 Å². The Morgan fingerprint density at radius 2 is 2.33 bits per heavy atom. The molecule has 0 amide bonds. The molecule has 2 nitrogen and oxygen atoms in total. The number of rotatable bonds is 5. The Morgan fingerprint density at radius 1 is 1.60 bits per heavy atom. The molecular weight excluding hydrogens is 252 g/mol. The minimum atomic E-state index is 0.851. The lowest BCUT2D eigenvalue weighted by Gasteiger charge is -2.23. The molecule has 0 aliphatic carbocycles. The lowest BCUT2D eigenvalue weighted by atomic mass is 10.2. The normalized spacial score (nSPS) is 10.1. The summed E-state index contributed by atoms with van der Waals surface area (Å²) in [5.41, 5.74) is 1.19. The fourth-order valence-electron chi connectivity index (χ4n) is 1.57. The number of hydrogen-bond acceptors (Lipinski definition) is 2. The van der Waals surface area contributed by atoms with Gasteiger partial charge in [0, 0.05) is 23.8 Å². The van der Waals surface area contributed by atoms with E-state index in [1.165, 1.54) is 5.56 Å². The zero-order chi connectivity index (χ0) is 11.3. The number of nitrogens with zero attached hydrogens (tertiary/aromatic N) is 2. The molecule has 0 spiro atoms. The lowest BCUT2D eigenvalue weighted by Crippen LogP contribution is -2.25. The molecule has 0 saturated carbocycles. The van der Waals surface area contributed by atoms with E-state index in [2.05, 4.69) is 52.3 Å². The standard InChI is InChI=1S/C12H17BrN2/c1-4-6-15(7-5-2)12-10(3)8-11(13)9-14-12/h4,8-9H,1,5-7H2,2-3H3. The van der Waals surface area contributed by atoms with Crippen LogP contribution in [0.2, 0.25) is 0 Å². The van der Waals surface area contributed by atoms with E-state index in [1.54, 1.807) is 0 Å². The SMILES string of the molecule is C=CCN(CCC)c1ncc(Br)cc1C. The molecule has 0 aliphatic heterocycles. The van der Waals surface area contributed by atoms with E-state index in [-0.39, 0.29) is 0 Å². The van der Waals surface area contributed by atoms with Crippen LogP contribution in [0.5, 0.6) is 0 Å². The van der Waals surface area contributed by atoms with Gasteiger partial charge in [0.1, 0.15) is 5.82 Å². The first-order valence-electron chi connectivity index (χ1n) is 5.17. The van der Waals surface area contributed by atoms with Gasteiger partial charge in [-0.1, -0.05) is 13.0 Å². The van der Waals surface area contributed by atoms with Crippen LogP contribution >= 0.6 is 15.9 Å². The van der Waals surface area contributed by atoms with Crippen molar-refractivity contribution in [2.24, 2.45) is 0 Å². The van der Waals surface area contributed by atoms with Gasteiger partial charge in [0.15, 0.2) is 0 Å². The third-order valence-corrected chi connectivity index (χ3v) is 2.59. The minimum Gasteiger partial charge on any atom is -0.353 e. The number of anilines is 1. The van der Waals surface area contributed by atoms with Crippen LogP contribution in [0.1, 0.15) is 18.9 Å². The molecule has 0 atom stereocenters. The van der Waals surface area contributed by atoms with E-state index in [0.29, 0.717) is 0 Å². The van der Waals surface area contributed by atoms with Crippen molar-refractivity contribution in [2.75, 3.05) is 18.0 Å². The smallest absolute Gasteiger partial charge is 0.131 e. The number of hydrogen-bond donors (Lipinski definition) is 0. The van der Waals surface area contributed by atoms with Crippen LogP contribution in [-0.4, -0.2) is 18.1 Å². The molecule has 0 aliphatic rings. The van der Waals surface area contributed by atoms with Crippen LogP contribution in [0.25, 0.3) is 0 Å². The highest BCUT2D eigenvalue weighted by molar-refractivity contribution is 9.10. The van der Waals surface area contributed by atoms with Crippen molar-refractivity contribution in [2.45, 2.75) is 20.3 Å². The molecule has 1 rings (SSSR count). The summed E-state index contributed by atoms with van der Waals surface area (Å²) in [6.07, 6.45) is 4.87. The van der Waals surface area contributed by atoms with Gasteiger partial charge in [-0.05, 0) is 40.9 Å². The van der Waals surface area contributed by atoms with Crippen LogP contribution in [0.15, 0.2) is 29.4 Å². The summed E-state index contributed by atoms with van der Waals surface area (Å²) >= 11 is 3.42. The average molecular weight is 269 g/mol. The van der Waals surface area contributed by atoms with E-state index in [4.69, 9.17) is 0 Å². The van der Waals surface area contributed by atoms with Gasteiger partial charge in [-0.25, -0.2) is 4.98 Å². The van der Waals surface area contributed by atoms with Crippen LogP contribution in [0.4, 0.5) is 5.82 Å². The maximum atomic E-state index is 4.45. The first-order valence-corrected chi connectivity index (χ1v) is 5.96. The Kier molecular flexibility index (Phi) is 4.82. The van der Waals surface area contributed by atoms with Gasteiger partial charge in [0.25, 0.3) is 0 Å². The van der Waals surface area contributed by atoms with Crippen molar-refractivity contribution >= 4 is 21.7 Å².